The Kier molecular flexibility index (Phi) is 5.75. The maximum Gasteiger partial charge on any atom is 0.238 e. The van der Waals surface area contributed by atoms with Crippen molar-refractivity contribution in [2.45, 2.75) is 45.1 Å². The Bertz CT molecular complexity index is 496. The lowest BCUT2D eigenvalue weighted by Gasteiger charge is -2.22. The number of rotatable bonds is 5. The lowest BCUT2D eigenvalue weighted by molar-refractivity contribution is -0.115. The molecule has 0 saturated heterocycles. The first-order valence-corrected chi connectivity index (χ1v) is 7.54. The monoisotopic (exact) mass is 289 g/mol. The van der Waals surface area contributed by atoms with E-state index in [9.17, 15) is 9.59 Å². The fraction of sp³-hybridized carbons (Fsp3) is 0.500. The minimum atomic E-state index is -0.127. The van der Waals surface area contributed by atoms with Gasteiger partial charge in [-0.05, 0) is 31.0 Å². The first-order chi connectivity index (χ1) is 10.1. The number of anilines is 2. The third-order valence-electron chi connectivity index (χ3n) is 3.62. The third-order valence-corrected chi connectivity index (χ3v) is 3.62. The molecule has 21 heavy (non-hydrogen) atoms. The van der Waals surface area contributed by atoms with Gasteiger partial charge in [-0.2, -0.15) is 0 Å². The molecule has 0 unspecified atom stereocenters. The van der Waals surface area contributed by atoms with Crippen molar-refractivity contribution in [3.63, 3.8) is 0 Å². The van der Waals surface area contributed by atoms with Crippen molar-refractivity contribution >= 4 is 23.2 Å². The predicted octanol–water partition coefficient (Wildman–Crippen LogP) is 2.51. The molecule has 1 saturated carbocycles. The van der Waals surface area contributed by atoms with Crippen LogP contribution in [0.25, 0.3) is 0 Å². The number of hydrogen-bond donors (Lipinski definition) is 3. The highest BCUT2D eigenvalue weighted by atomic mass is 16.2. The second-order valence-corrected chi connectivity index (χ2v) is 5.53. The average Bonchev–Trinajstić information content (AvgIpc) is 2.46. The van der Waals surface area contributed by atoms with Crippen molar-refractivity contribution in [3.8, 4) is 0 Å². The zero-order chi connectivity index (χ0) is 15.1. The Hall–Kier alpha value is -1.88. The molecule has 0 heterocycles. The van der Waals surface area contributed by atoms with Crippen LogP contribution in [0, 0.1) is 0 Å². The minimum Gasteiger partial charge on any atom is -0.326 e. The highest BCUT2D eigenvalue weighted by Gasteiger charge is 2.13. The molecule has 0 bridgehead atoms. The van der Waals surface area contributed by atoms with Crippen molar-refractivity contribution in [1.82, 2.24) is 5.32 Å². The van der Waals surface area contributed by atoms with Crippen LogP contribution in [0.2, 0.25) is 0 Å². The van der Waals surface area contributed by atoms with E-state index < -0.39 is 0 Å². The standard InChI is InChI=1S/C16H23N3O2/c1-12(20)18-14-8-5-9-15(10-14)19-16(21)11-17-13-6-3-2-4-7-13/h5,8-10,13,17H,2-4,6-7,11H2,1H3,(H,18,20)(H,19,21). The zero-order valence-corrected chi connectivity index (χ0v) is 12.4. The summed E-state index contributed by atoms with van der Waals surface area (Å²) in [6, 6.07) is 7.62. The van der Waals surface area contributed by atoms with Crippen LogP contribution >= 0.6 is 0 Å². The summed E-state index contributed by atoms with van der Waals surface area (Å²) in [6.07, 6.45) is 6.12. The van der Waals surface area contributed by atoms with Crippen molar-refractivity contribution in [2.75, 3.05) is 17.2 Å². The molecular formula is C16H23N3O2. The molecule has 0 aromatic heterocycles. The third kappa shape index (κ3) is 5.55. The molecule has 1 aromatic carbocycles. The number of carbonyl (C=O) groups is 2. The SMILES string of the molecule is CC(=O)Nc1cccc(NC(=O)CNC2CCCCC2)c1. The molecule has 1 fully saturated rings. The smallest absolute Gasteiger partial charge is 0.238 e. The summed E-state index contributed by atoms with van der Waals surface area (Å²) in [5.74, 6) is -0.182. The van der Waals surface area contributed by atoms with E-state index in [1.807, 2.05) is 6.07 Å². The number of carbonyl (C=O) groups excluding carboxylic acids is 2. The van der Waals surface area contributed by atoms with E-state index in [1.165, 1.54) is 26.2 Å². The van der Waals surface area contributed by atoms with Crippen LogP contribution in [0.4, 0.5) is 11.4 Å². The van der Waals surface area contributed by atoms with Crippen LogP contribution in [0.3, 0.4) is 0 Å². The largest absolute Gasteiger partial charge is 0.326 e. The fourth-order valence-corrected chi connectivity index (χ4v) is 2.63. The van der Waals surface area contributed by atoms with Crippen molar-refractivity contribution in [1.29, 1.82) is 0 Å². The quantitative estimate of drug-likeness (QED) is 0.780. The summed E-state index contributed by atoms with van der Waals surface area (Å²) in [4.78, 5) is 22.9. The van der Waals surface area contributed by atoms with Gasteiger partial charge in [-0.3, -0.25) is 9.59 Å². The van der Waals surface area contributed by atoms with Gasteiger partial charge in [0.05, 0.1) is 6.54 Å². The van der Waals surface area contributed by atoms with E-state index in [-0.39, 0.29) is 11.8 Å². The zero-order valence-electron chi connectivity index (χ0n) is 12.4. The second kappa shape index (κ2) is 7.78. The van der Waals surface area contributed by atoms with Crippen molar-refractivity contribution < 1.29 is 9.59 Å². The fourth-order valence-electron chi connectivity index (χ4n) is 2.63. The second-order valence-electron chi connectivity index (χ2n) is 5.53. The molecule has 5 heteroatoms. The van der Waals surface area contributed by atoms with Crippen LogP contribution in [-0.2, 0) is 9.59 Å². The van der Waals surface area contributed by atoms with Gasteiger partial charge in [-0.25, -0.2) is 0 Å². The molecule has 2 rings (SSSR count). The lowest BCUT2D eigenvalue weighted by Crippen LogP contribution is -2.37. The number of benzene rings is 1. The Morgan fingerprint density at radius 1 is 1.10 bits per heavy atom. The molecule has 0 radical (unpaired) electrons. The molecule has 1 aliphatic carbocycles. The van der Waals surface area contributed by atoms with Gasteiger partial charge in [-0.1, -0.05) is 25.3 Å². The van der Waals surface area contributed by atoms with E-state index in [1.54, 1.807) is 18.2 Å². The molecule has 5 nitrogen and oxygen atoms in total. The summed E-state index contributed by atoms with van der Waals surface area (Å²) >= 11 is 0. The average molecular weight is 289 g/mol. The summed E-state index contributed by atoms with van der Waals surface area (Å²) in [6.45, 7) is 1.79. The number of hydrogen-bond acceptors (Lipinski definition) is 3. The van der Waals surface area contributed by atoms with E-state index in [2.05, 4.69) is 16.0 Å². The van der Waals surface area contributed by atoms with Crippen molar-refractivity contribution in [3.05, 3.63) is 24.3 Å². The normalized spacial score (nSPS) is 15.5. The van der Waals surface area contributed by atoms with Crippen LogP contribution in [0.15, 0.2) is 24.3 Å². The number of amides is 2. The van der Waals surface area contributed by atoms with Crippen LogP contribution < -0.4 is 16.0 Å². The highest BCUT2D eigenvalue weighted by molar-refractivity contribution is 5.94. The van der Waals surface area contributed by atoms with E-state index >= 15 is 0 Å². The molecule has 114 valence electrons. The van der Waals surface area contributed by atoms with E-state index in [4.69, 9.17) is 0 Å². The molecular weight excluding hydrogens is 266 g/mol. The van der Waals surface area contributed by atoms with Gasteiger partial charge in [-0.15, -0.1) is 0 Å². The van der Waals surface area contributed by atoms with Crippen LogP contribution in [0.1, 0.15) is 39.0 Å². The molecule has 0 spiro atoms. The van der Waals surface area contributed by atoms with Crippen LogP contribution in [-0.4, -0.2) is 24.4 Å². The molecule has 0 aliphatic heterocycles. The van der Waals surface area contributed by atoms with Gasteiger partial charge in [0.2, 0.25) is 11.8 Å². The Balaban J connectivity index is 1.80. The van der Waals surface area contributed by atoms with Crippen molar-refractivity contribution in [2.24, 2.45) is 0 Å². The van der Waals surface area contributed by atoms with Crippen LogP contribution in [0.5, 0.6) is 0 Å². The molecule has 1 aromatic rings. The van der Waals surface area contributed by atoms with Gasteiger partial charge in [0, 0.05) is 24.3 Å². The molecule has 1 aliphatic rings. The van der Waals surface area contributed by atoms with E-state index in [0.717, 1.165) is 12.8 Å². The number of nitrogens with one attached hydrogen (secondary N) is 3. The predicted molar refractivity (Wildman–Crippen MR) is 84.3 cm³/mol. The minimum absolute atomic E-state index is 0.0550. The highest BCUT2D eigenvalue weighted by Crippen LogP contribution is 2.17. The molecule has 3 N–H and O–H groups in total. The van der Waals surface area contributed by atoms with Gasteiger partial charge < -0.3 is 16.0 Å². The Morgan fingerprint density at radius 2 is 1.76 bits per heavy atom. The first kappa shape index (κ1) is 15.5. The molecule has 2 amide bonds. The lowest BCUT2D eigenvalue weighted by atomic mass is 9.95. The Morgan fingerprint density at radius 3 is 2.43 bits per heavy atom. The first-order valence-electron chi connectivity index (χ1n) is 7.54. The maximum atomic E-state index is 11.9. The van der Waals surface area contributed by atoms with Gasteiger partial charge in [0.1, 0.15) is 0 Å². The summed E-state index contributed by atoms with van der Waals surface area (Å²) in [7, 11) is 0. The summed E-state index contributed by atoms with van der Waals surface area (Å²) in [5, 5.41) is 8.85. The van der Waals surface area contributed by atoms with Gasteiger partial charge >= 0.3 is 0 Å². The summed E-state index contributed by atoms with van der Waals surface area (Å²) < 4.78 is 0. The topological polar surface area (TPSA) is 70.2 Å². The van der Waals surface area contributed by atoms with Gasteiger partial charge in [0.15, 0.2) is 0 Å². The Labute approximate surface area is 125 Å². The summed E-state index contributed by atoms with van der Waals surface area (Å²) in [5.41, 5.74) is 1.37. The van der Waals surface area contributed by atoms with Gasteiger partial charge in [0.25, 0.3) is 0 Å². The van der Waals surface area contributed by atoms with E-state index in [0.29, 0.717) is 24.0 Å². The molecule has 0 atom stereocenters. The maximum absolute atomic E-state index is 11.9.